The van der Waals surface area contributed by atoms with E-state index in [1.807, 2.05) is 0 Å². The summed E-state index contributed by atoms with van der Waals surface area (Å²) in [5, 5.41) is 5.11. The smallest absolute Gasteiger partial charge is 0.416 e. The first kappa shape index (κ1) is 23.1. The van der Waals surface area contributed by atoms with Gasteiger partial charge < -0.3 is 15.4 Å². The molecule has 2 aliphatic heterocycles. The molecular weight excluding hydrogens is 463 g/mol. The summed E-state index contributed by atoms with van der Waals surface area (Å²) in [6.07, 6.45) is -3.79. The molecule has 33 heavy (non-hydrogen) atoms. The lowest BCUT2D eigenvalue weighted by molar-refractivity contribution is -0.137. The first-order valence-electron chi connectivity index (χ1n) is 10.0. The number of hydrogen-bond donors (Lipinski definition) is 2. The maximum Gasteiger partial charge on any atom is 0.416 e. The fourth-order valence-electron chi connectivity index (χ4n) is 3.88. The minimum atomic E-state index is -4.50. The van der Waals surface area contributed by atoms with Crippen LogP contribution in [0.4, 0.5) is 24.5 Å². The molecule has 12 heteroatoms. The quantitative estimate of drug-likeness (QED) is 0.695. The van der Waals surface area contributed by atoms with Gasteiger partial charge in [-0.2, -0.15) is 17.5 Å². The van der Waals surface area contributed by atoms with Crippen molar-refractivity contribution >= 4 is 33.2 Å². The number of anilines is 2. The molecule has 0 saturated carbocycles. The number of halogens is 3. The Morgan fingerprint density at radius 3 is 2.58 bits per heavy atom. The molecule has 0 bridgehead atoms. The third kappa shape index (κ3) is 4.53. The molecule has 0 unspecified atom stereocenters. The Kier molecular flexibility index (Phi) is 5.83. The molecule has 2 aromatic rings. The summed E-state index contributed by atoms with van der Waals surface area (Å²) < 4.78 is 71.4. The largest absolute Gasteiger partial charge is 0.482 e. The Morgan fingerprint density at radius 1 is 1.21 bits per heavy atom. The van der Waals surface area contributed by atoms with Gasteiger partial charge >= 0.3 is 6.18 Å². The summed E-state index contributed by atoms with van der Waals surface area (Å²) >= 11 is 0. The molecule has 2 amide bonds. The molecule has 0 radical (unpaired) electrons. The van der Waals surface area contributed by atoms with Crippen LogP contribution >= 0.6 is 0 Å². The number of benzene rings is 2. The van der Waals surface area contributed by atoms with Gasteiger partial charge in [0, 0.05) is 18.3 Å². The van der Waals surface area contributed by atoms with Crippen LogP contribution in [-0.2, 0) is 25.8 Å². The van der Waals surface area contributed by atoms with Crippen molar-refractivity contribution < 1.29 is 35.9 Å². The summed E-state index contributed by atoms with van der Waals surface area (Å²) in [6, 6.07) is 5.71. The molecule has 0 aromatic heterocycles. The molecule has 2 aliphatic rings. The first-order chi connectivity index (χ1) is 15.5. The number of nitrogens with zero attached hydrogens (tertiary/aromatic N) is 1. The van der Waals surface area contributed by atoms with E-state index in [4.69, 9.17) is 4.74 Å². The molecule has 4 rings (SSSR count). The average molecular weight is 483 g/mol. The van der Waals surface area contributed by atoms with E-state index in [9.17, 15) is 31.2 Å². The van der Waals surface area contributed by atoms with Gasteiger partial charge in [-0.05, 0) is 55.7 Å². The minimum Gasteiger partial charge on any atom is -0.482 e. The number of nitrogens with one attached hydrogen (secondary N) is 2. The molecule has 2 N–H and O–H groups in total. The van der Waals surface area contributed by atoms with Crippen molar-refractivity contribution in [2.45, 2.75) is 36.9 Å². The second kappa shape index (κ2) is 8.34. The Hall–Kier alpha value is -3.12. The summed E-state index contributed by atoms with van der Waals surface area (Å²) in [7, 11) is -4.10. The average Bonchev–Trinajstić information content (AvgIpc) is 3.24. The summed E-state index contributed by atoms with van der Waals surface area (Å²) in [4.78, 5) is 24.3. The van der Waals surface area contributed by atoms with Crippen molar-refractivity contribution in [2.24, 2.45) is 0 Å². The molecule has 1 saturated heterocycles. The Labute approximate surface area is 187 Å². The predicted molar refractivity (Wildman–Crippen MR) is 112 cm³/mol. The highest BCUT2D eigenvalue weighted by atomic mass is 32.2. The normalized spacial score (nSPS) is 18.9. The standard InChI is InChI=1S/C21H20F3N3O5S/c1-12-9-15-17(32-11-19(28)26-15)10-18(12)33(30,31)27-8-2-3-16(27)20(29)25-14-6-4-13(5-7-14)21(22,23)24/h4-7,9-10,16H,2-3,8,11H2,1H3,(H,25,29)(H,26,28)/t16-/m1/s1. The Balaban J connectivity index is 1.56. The summed E-state index contributed by atoms with van der Waals surface area (Å²) in [5.74, 6) is -0.768. The van der Waals surface area contributed by atoms with E-state index in [1.54, 1.807) is 6.92 Å². The fourth-order valence-corrected chi connectivity index (χ4v) is 5.76. The fraction of sp³-hybridized carbons (Fsp3) is 0.333. The van der Waals surface area contributed by atoms with Crippen LogP contribution in [0.1, 0.15) is 24.0 Å². The highest BCUT2D eigenvalue weighted by Crippen LogP contribution is 2.36. The van der Waals surface area contributed by atoms with Gasteiger partial charge in [0.1, 0.15) is 11.8 Å². The van der Waals surface area contributed by atoms with Gasteiger partial charge in [-0.1, -0.05) is 0 Å². The number of aryl methyl sites for hydroxylation is 1. The van der Waals surface area contributed by atoms with E-state index in [1.165, 1.54) is 12.1 Å². The van der Waals surface area contributed by atoms with Crippen LogP contribution in [0.25, 0.3) is 0 Å². The lowest BCUT2D eigenvalue weighted by Gasteiger charge is -2.26. The zero-order valence-electron chi connectivity index (χ0n) is 17.4. The third-order valence-electron chi connectivity index (χ3n) is 5.48. The molecular formula is C21H20F3N3O5S. The second-order valence-electron chi connectivity index (χ2n) is 7.79. The maximum atomic E-state index is 13.4. The van der Waals surface area contributed by atoms with E-state index in [0.29, 0.717) is 17.7 Å². The Bertz CT molecular complexity index is 1210. The second-order valence-corrected chi connectivity index (χ2v) is 9.65. The molecule has 1 fully saturated rings. The predicted octanol–water partition coefficient (Wildman–Crippen LogP) is 3.14. The van der Waals surface area contributed by atoms with Crippen molar-refractivity contribution in [3.63, 3.8) is 0 Å². The van der Waals surface area contributed by atoms with Crippen LogP contribution in [0.3, 0.4) is 0 Å². The zero-order chi connectivity index (χ0) is 24.0. The van der Waals surface area contributed by atoms with Gasteiger partial charge in [-0.15, -0.1) is 0 Å². The molecule has 2 heterocycles. The number of amides is 2. The van der Waals surface area contributed by atoms with E-state index >= 15 is 0 Å². The van der Waals surface area contributed by atoms with Crippen molar-refractivity contribution in [1.82, 2.24) is 4.31 Å². The lowest BCUT2D eigenvalue weighted by atomic mass is 10.2. The summed E-state index contributed by atoms with van der Waals surface area (Å²) in [6.45, 7) is 1.44. The van der Waals surface area contributed by atoms with Gasteiger partial charge in [0.2, 0.25) is 15.9 Å². The first-order valence-corrected chi connectivity index (χ1v) is 11.5. The van der Waals surface area contributed by atoms with Crippen LogP contribution in [0, 0.1) is 6.92 Å². The van der Waals surface area contributed by atoms with Crippen molar-refractivity contribution in [3.05, 3.63) is 47.5 Å². The number of carbonyl (C=O) groups is 2. The van der Waals surface area contributed by atoms with E-state index in [2.05, 4.69) is 10.6 Å². The molecule has 176 valence electrons. The van der Waals surface area contributed by atoms with Crippen LogP contribution in [0.5, 0.6) is 5.75 Å². The molecule has 0 spiro atoms. The Morgan fingerprint density at radius 2 is 1.91 bits per heavy atom. The molecule has 8 nitrogen and oxygen atoms in total. The van der Waals surface area contributed by atoms with E-state index in [0.717, 1.165) is 28.6 Å². The number of rotatable bonds is 4. The number of alkyl halides is 3. The molecule has 1 atom stereocenters. The highest BCUT2D eigenvalue weighted by Gasteiger charge is 2.40. The van der Waals surface area contributed by atoms with Crippen LogP contribution in [0.15, 0.2) is 41.3 Å². The topological polar surface area (TPSA) is 105 Å². The number of fused-ring (bicyclic) bond motifs is 1. The monoisotopic (exact) mass is 483 g/mol. The van der Waals surface area contributed by atoms with Crippen molar-refractivity contribution in [2.75, 3.05) is 23.8 Å². The third-order valence-corrected chi connectivity index (χ3v) is 7.53. The SMILES string of the molecule is Cc1cc2c(cc1S(=O)(=O)N1CCC[C@@H]1C(=O)Nc1ccc(C(F)(F)F)cc1)OCC(=O)N2. The number of sulfonamides is 1. The van der Waals surface area contributed by atoms with Crippen LogP contribution < -0.4 is 15.4 Å². The van der Waals surface area contributed by atoms with Crippen molar-refractivity contribution in [1.29, 1.82) is 0 Å². The number of ether oxygens (including phenoxy) is 1. The van der Waals surface area contributed by atoms with Crippen molar-refractivity contribution in [3.8, 4) is 5.75 Å². The number of carbonyl (C=O) groups excluding carboxylic acids is 2. The van der Waals surface area contributed by atoms with Gasteiger partial charge in [0.05, 0.1) is 16.1 Å². The van der Waals surface area contributed by atoms with Gasteiger partial charge in [0.15, 0.2) is 6.61 Å². The van der Waals surface area contributed by atoms with Crippen LogP contribution in [0.2, 0.25) is 0 Å². The van der Waals surface area contributed by atoms with Gasteiger partial charge in [0.25, 0.3) is 5.91 Å². The van der Waals surface area contributed by atoms with Crippen LogP contribution in [-0.4, -0.2) is 43.7 Å². The zero-order valence-corrected chi connectivity index (χ0v) is 18.2. The van der Waals surface area contributed by atoms with Gasteiger partial charge in [-0.25, -0.2) is 8.42 Å². The van der Waals surface area contributed by atoms with E-state index in [-0.39, 0.29) is 41.8 Å². The minimum absolute atomic E-state index is 0.0494. The lowest BCUT2D eigenvalue weighted by Crippen LogP contribution is -2.43. The molecule has 0 aliphatic carbocycles. The van der Waals surface area contributed by atoms with Gasteiger partial charge in [-0.3, -0.25) is 9.59 Å². The maximum absolute atomic E-state index is 13.4. The summed E-state index contributed by atoms with van der Waals surface area (Å²) in [5.41, 5.74) is 0.00674. The molecule has 2 aromatic carbocycles. The highest BCUT2D eigenvalue weighted by molar-refractivity contribution is 7.89. The number of hydrogen-bond acceptors (Lipinski definition) is 5. The van der Waals surface area contributed by atoms with E-state index < -0.39 is 33.7 Å².